The summed E-state index contributed by atoms with van der Waals surface area (Å²) in [5.74, 6) is 2.71. The molecule has 6 nitrogen and oxygen atoms in total. The summed E-state index contributed by atoms with van der Waals surface area (Å²) in [4.78, 5) is 10.8. The Hall–Kier alpha value is -2.24. The summed E-state index contributed by atoms with van der Waals surface area (Å²) in [6, 6.07) is 3.72. The van der Waals surface area contributed by atoms with Crippen molar-refractivity contribution in [1.82, 2.24) is 14.5 Å². The summed E-state index contributed by atoms with van der Waals surface area (Å²) in [6.07, 6.45) is 3.72. The van der Waals surface area contributed by atoms with E-state index in [1.165, 1.54) is 0 Å². The van der Waals surface area contributed by atoms with Crippen LogP contribution in [-0.2, 0) is 13.6 Å². The number of hydrogen-bond donors (Lipinski definition) is 1. The number of nitrogens with two attached hydrogens (primary N) is 1. The van der Waals surface area contributed by atoms with E-state index < -0.39 is 0 Å². The van der Waals surface area contributed by atoms with E-state index in [-0.39, 0.29) is 0 Å². The highest BCUT2D eigenvalue weighted by molar-refractivity contribution is 5.54. The Morgan fingerprint density at radius 1 is 1.38 bits per heavy atom. The second-order valence-corrected chi connectivity index (χ2v) is 5.58. The fraction of sp³-hybridized carbons (Fsp3) is 0.467. The number of nitrogen functional groups attached to an aromatic ring is 1. The van der Waals surface area contributed by atoms with Gasteiger partial charge in [0.15, 0.2) is 0 Å². The molecule has 0 bridgehead atoms. The monoisotopic (exact) mass is 289 g/mol. The number of aryl methyl sites for hydroxylation is 1. The largest absolute Gasteiger partial charge is 0.476 e. The summed E-state index contributed by atoms with van der Waals surface area (Å²) >= 11 is 0. The lowest BCUT2D eigenvalue weighted by Crippen LogP contribution is -2.20. The molecular weight excluding hydrogens is 266 g/mol. The lowest BCUT2D eigenvalue weighted by atomic mass is 10.2. The molecule has 0 unspecified atom stereocenters. The van der Waals surface area contributed by atoms with E-state index >= 15 is 0 Å². The Bertz CT molecular complexity index is 593. The minimum Gasteiger partial charge on any atom is -0.476 e. The maximum absolute atomic E-state index is 5.91. The number of hydrogen-bond acceptors (Lipinski definition) is 5. The standard InChI is InChI=1S/C15H23N5O/c1-11(2)10-21-15-12(16)5-6-13(18-15)20(4)9-14-17-7-8-19(14)3/h5-8,11H,9-10,16H2,1-4H3. The summed E-state index contributed by atoms with van der Waals surface area (Å²) in [7, 11) is 3.95. The van der Waals surface area contributed by atoms with Crippen molar-refractivity contribution in [3.05, 3.63) is 30.4 Å². The van der Waals surface area contributed by atoms with Crippen molar-refractivity contribution >= 4 is 11.5 Å². The molecule has 0 amide bonds. The number of rotatable bonds is 6. The Morgan fingerprint density at radius 2 is 2.14 bits per heavy atom. The third kappa shape index (κ3) is 3.87. The highest BCUT2D eigenvalue weighted by Gasteiger charge is 2.11. The first-order chi connectivity index (χ1) is 9.97. The average molecular weight is 289 g/mol. The van der Waals surface area contributed by atoms with Gasteiger partial charge >= 0.3 is 0 Å². The van der Waals surface area contributed by atoms with Crippen LogP contribution in [0.3, 0.4) is 0 Å². The van der Waals surface area contributed by atoms with E-state index in [4.69, 9.17) is 10.5 Å². The van der Waals surface area contributed by atoms with Gasteiger partial charge in [-0.2, -0.15) is 4.98 Å². The van der Waals surface area contributed by atoms with E-state index in [0.717, 1.165) is 11.6 Å². The molecule has 0 atom stereocenters. The number of ether oxygens (including phenoxy) is 1. The Labute approximate surface area is 125 Å². The molecule has 0 fully saturated rings. The lowest BCUT2D eigenvalue weighted by Gasteiger charge is -2.19. The minimum atomic E-state index is 0.431. The summed E-state index contributed by atoms with van der Waals surface area (Å²) in [5, 5.41) is 0. The molecule has 0 saturated heterocycles. The molecular formula is C15H23N5O. The molecule has 0 aliphatic rings. The molecule has 0 radical (unpaired) electrons. The maximum Gasteiger partial charge on any atom is 0.239 e. The minimum absolute atomic E-state index is 0.431. The predicted octanol–water partition coefficient (Wildman–Crippen LogP) is 2.07. The van der Waals surface area contributed by atoms with Crippen molar-refractivity contribution in [1.29, 1.82) is 0 Å². The highest BCUT2D eigenvalue weighted by atomic mass is 16.5. The zero-order valence-electron chi connectivity index (χ0n) is 13.1. The van der Waals surface area contributed by atoms with Crippen LogP contribution < -0.4 is 15.4 Å². The molecule has 114 valence electrons. The van der Waals surface area contributed by atoms with Crippen molar-refractivity contribution < 1.29 is 4.74 Å². The molecule has 2 N–H and O–H groups in total. The van der Waals surface area contributed by atoms with Crippen molar-refractivity contribution in [3.63, 3.8) is 0 Å². The van der Waals surface area contributed by atoms with Gasteiger partial charge in [-0.3, -0.25) is 0 Å². The zero-order chi connectivity index (χ0) is 15.4. The van der Waals surface area contributed by atoms with Crippen LogP contribution in [0.2, 0.25) is 0 Å². The van der Waals surface area contributed by atoms with Gasteiger partial charge in [0.25, 0.3) is 0 Å². The van der Waals surface area contributed by atoms with E-state index in [2.05, 4.69) is 23.8 Å². The van der Waals surface area contributed by atoms with Crippen molar-refractivity contribution in [2.45, 2.75) is 20.4 Å². The number of nitrogens with zero attached hydrogens (tertiary/aromatic N) is 4. The van der Waals surface area contributed by atoms with E-state index in [0.29, 0.717) is 30.6 Å². The van der Waals surface area contributed by atoms with Crippen LogP contribution in [-0.4, -0.2) is 28.2 Å². The van der Waals surface area contributed by atoms with Gasteiger partial charge in [-0.05, 0) is 18.1 Å². The fourth-order valence-electron chi connectivity index (χ4n) is 1.86. The van der Waals surface area contributed by atoms with Gasteiger partial charge < -0.3 is 19.9 Å². The van der Waals surface area contributed by atoms with Gasteiger partial charge in [0.1, 0.15) is 11.6 Å². The van der Waals surface area contributed by atoms with Crippen molar-refractivity contribution in [2.75, 3.05) is 24.3 Å². The van der Waals surface area contributed by atoms with E-state index in [9.17, 15) is 0 Å². The first kappa shape index (κ1) is 15.2. The van der Waals surface area contributed by atoms with Crippen LogP contribution in [0.15, 0.2) is 24.5 Å². The Morgan fingerprint density at radius 3 is 2.76 bits per heavy atom. The Kier molecular flexibility index (Phi) is 4.67. The molecule has 21 heavy (non-hydrogen) atoms. The van der Waals surface area contributed by atoms with Crippen LogP contribution in [0.5, 0.6) is 5.88 Å². The second kappa shape index (κ2) is 6.47. The van der Waals surface area contributed by atoms with Crippen LogP contribution >= 0.6 is 0 Å². The number of anilines is 2. The van der Waals surface area contributed by atoms with Crippen molar-refractivity contribution in [2.24, 2.45) is 13.0 Å². The first-order valence-electron chi connectivity index (χ1n) is 7.04. The van der Waals surface area contributed by atoms with E-state index in [1.54, 1.807) is 6.20 Å². The number of imidazole rings is 1. The third-order valence-electron chi connectivity index (χ3n) is 3.12. The highest BCUT2D eigenvalue weighted by Crippen LogP contribution is 2.23. The van der Waals surface area contributed by atoms with Crippen LogP contribution in [0, 0.1) is 5.92 Å². The number of aromatic nitrogens is 3. The van der Waals surface area contributed by atoms with Crippen LogP contribution in [0.25, 0.3) is 0 Å². The summed E-state index contributed by atoms with van der Waals surface area (Å²) in [6.45, 7) is 5.45. The lowest BCUT2D eigenvalue weighted by molar-refractivity contribution is 0.263. The molecule has 2 heterocycles. The molecule has 0 aliphatic carbocycles. The first-order valence-corrected chi connectivity index (χ1v) is 7.04. The smallest absolute Gasteiger partial charge is 0.239 e. The maximum atomic E-state index is 5.91. The van der Waals surface area contributed by atoms with E-state index in [1.807, 2.05) is 41.9 Å². The third-order valence-corrected chi connectivity index (χ3v) is 3.12. The van der Waals surface area contributed by atoms with Gasteiger partial charge in [-0.15, -0.1) is 0 Å². The average Bonchev–Trinajstić information content (AvgIpc) is 2.83. The van der Waals surface area contributed by atoms with Crippen LogP contribution in [0.4, 0.5) is 11.5 Å². The topological polar surface area (TPSA) is 69.2 Å². The van der Waals surface area contributed by atoms with Gasteiger partial charge in [-0.25, -0.2) is 4.98 Å². The molecule has 0 aliphatic heterocycles. The fourth-order valence-corrected chi connectivity index (χ4v) is 1.86. The second-order valence-electron chi connectivity index (χ2n) is 5.58. The van der Waals surface area contributed by atoms with Gasteiger partial charge in [0.2, 0.25) is 5.88 Å². The normalized spacial score (nSPS) is 10.9. The van der Waals surface area contributed by atoms with Gasteiger partial charge in [0, 0.05) is 26.5 Å². The molecule has 0 saturated carbocycles. The molecule has 2 aromatic heterocycles. The molecule has 0 spiro atoms. The molecule has 2 rings (SSSR count). The number of pyridine rings is 1. The van der Waals surface area contributed by atoms with Crippen molar-refractivity contribution in [3.8, 4) is 5.88 Å². The summed E-state index contributed by atoms with van der Waals surface area (Å²) in [5.41, 5.74) is 6.47. The van der Waals surface area contributed by atoms with Gasteiger partial charge in [0.05, 0.1) is 18.8 Å². The molecule has 0 aromatic carbocycles. The Balaban J connectivity index is 2.12. The SMILES string of the molecule is CC(C)COc1nc(N(C)Cc2nccn2C)ccc1N. The quantitative estimate of drug-likeness (QED) is 0.881. The van der Waals surface area contributed by atoms with Gasteiger partial charge in [-0.1, -0.05) is 13.8 Å². The summed E-state index contributed by atoms with van der Waals surface area (Å²) < 4.78 is 7.65. The van der Waals surface area contributed by atoms with Crippen LogP contribution in [0.1, 0.15) is 19.7 Å². The molecule has 6 heteroatoms. The predicted molar refractivity (Wildman–Crippen MR) is 84.3 cm³/mol. The zero-order valence-corrected chi connectivity index (χ0v) is 13.1. The molecule has 2 aromatic rings.